The first-order valence-corrected chi connectivity index (χ1v) is 4.21. The highest BCUT2D eigenvalue weighted by atomic mass is 79.9. The van der Waals surface area contributed by atoms with Gasteiger partial charge in [0.15, 0.2) is 0 Å². The molecule has 1 aromatic carbocycles. The molecule has 0 saturated heterocycles. The second-order valence-corrected chi connectivity index (χ2v) is 3.34. The van der Waals surface area contributed by atoms with E-state index in [4.69, 9.17) is 5.73 Å². The van der Waals surface area contributed by atoms with Gasteiger partial charge in [0.1, 0.15) is 12.5 Å². The van der Waals surface area contributed by atoms with Crippen molar-refractivity contribution in [2.75, 3.05) is 6.67 Å². The van der Waals surface area contributed by atoms with Crippen LogP contribution in [0.15, 0.2) is 22.7 Å². The molecule has 0 bridgehead atoms. The van der Waals surface area contributed by atoms with Gasteiger partial charge >= 0.3 is 0 Å². The molecule has 0 saturated carbocycles. The summed E-state index contributed by atoms with van der Waals surface area (Å²) in [6.07, 6.45) is 0. The molecule has 0 heterocycles. The number of hydrogen-bond donors (Lipinski definition) is 1. The van der Waals surface area contributed by atoms with Gasteiger partial charge in [-0.15, -0.1) is 12.4 Å². The van der Waals surface area contributed by atoms with E-state index in [0.717, 1.165) is 0 Å². The summed E-state index contributed by atoms with van der Waals surface area (Å²) in [5, 5.41) is 0. The molecule has 13 heavy (non-hydrogen) atoms. The van der Waals surface area contributed by atoms with Crippen LogP contribution in [-0.4, -0.2) is 6.67 Å². The lowest BCUT2D eigenvalue weighted by Gasteiger charge is -2.08. The van der Waals surface area contributed by atoms with Gasteiger partial charge < -0.3 is 5.73 Å². The van der Waals surface area contributed by atoms with E-state index in [1.165, 1.54) is 12.1 Å². The van der Waals surface area contributed by atoms with E-state index >= 15 is 0 Å². The highest BCUT2D eigenvalue weighted by molar-refractivity contribution is 9.10. The van der Waals surface area contributed by atoms with Crippen LogP contribution in [0.2, 0.25) is 0 Å². The van der Waals surface area contributed by atoms with Gasteiger partial charge in [-0.25, -0.2) is 8.78 Å². The van der Waals surface area contributed by atoms with Crippen molar-refractivity contribution in [3.05, 3.63) is 34.1 Å². The molecule has 0 spiro atoms. The fraction of sp³-hybridized carbons (Fsp3) is 0.250. The molecule has 5 heteroatoms. The summed E-state index contributed by atoms with van der Waals surface area (Å²) >= 11 is 3.15. The summed E-state index contributed by atoms with van der Waals surface area (Å²) in [5.41, 5.74) is 5.53. The molecule has 0 aromatic heterocycles. The van der Waals surface area contributed by atoms with Crippen molar-refractivity contribution in [1.29, 1.82) is 0 Å². The normalized spacial score (nSPS) is 12.0. The molecule has 0 aliphatic heterocycles. The van der Waals surface area contributed by atoms with Crippen molar-refractivity contribution in [2.45, 2.75) is 6.04 Å². The van der Waals surface area contributed by atoms with E-state index in [1.54, 1.807) is 6.07 Å². The molecule has 0 aliphatic carbocycles. The van der Waals surface area contributed by atoms with E-state index in [0.29, 0.717) is 4.47 Å². The summed E-state index contributed by atoms with van der Waals surface area (Å²) in [6, 6.07) is 3.42. The molecule has 0 unspecified atom stereocenters. The molecule has 0 aliphatic rings. The van der Waals surface area contributed by atoms with Crippen molar-refractivity contribution in [2.24, 2.45) is 5.73 Å². The first-order chi connectivity index (χ1) is 5.65. The Kier molecular flexibility index (Phi) is 5.44. The second-order valence-electron chi connectivity index (χ2n) is 2.43. The molecule has 2 N–H and O–H groups in total. The van der Waals surface area contributed by atoms with Crippen LogP contribution in [0.5, 0.6) is 0 Å². The summed E-state index contributed by atoms with van der Waals surface area (Å²) in [6.45, 7) is -0.757. The van der Waals surface area contributed by atoms with Crippen LogP contribution in [0.4, 0.5) is 8.78 Å². The lowest BCUT2D eigenvalue weighted by Crippen LogP contribution is -2.13. The summed E-state index contributed by atoms with van der Waals surface area (Å²) in [5.74, 6) is -0.469. The molecule has 1 nitrogen and oxygen atoms in total. The summed E-state index contributed by atoms with van der Waals surface area (Å²) in [7, 11) is 0. The van der Waals surface area contributed by atoms with Crippen LogP contribution < -0.4 is 5.73 Å². The maximum absolute atomic E-state index is 12.9. The van der Waals surface area contributed by atoms with Crippen LogP contribution in [-0.2, 0) is 0 Å². The third-order valence-electron chi connectivity index (χ3n) is 1.52. The van der Waals surface area contributed by atoms with Gasteiger partial charge in [-0.2, -0.15) is 0 Å². The molecular formula is C8H9BrClF2N. The third kappa shape index (κ3) is 3.21. The van der Waals surface area contributed by atoms with E-state index in [-0.39, 0.29) is 18.0 Å². The van der Waals surface area contributed by atoms with Crippen LogP contribution in [0.25, 0.3) is 0 Å². The molecule has 1 atom stereocenters. The van der Waals surface area contributed by atoms with Gasteiger partial charge in [-0.1, -0.05) is 15.9 Å². The number of halogens is 4. The zero-order valence-electron chi connectivity index (χ0n) is 6.64. The molecular weight excluding hydrogens is 263 g/mol. The maximum Gasteiger partial charge on any atom is 0.128 e. The molecule has 1 aromatic rings. The van der Waals surface area contributed by atoms with Crippen molar-refractivity contribution in [3.8, 4) is 0 Å². The predicted molar refractivity (Wildman–Crippen MR) is 54.3 cm³/mol. The maximum atomic E-state index is 12.9. The van der Waals surface area contributed by atoms with E-state index in [1.807, 2.05) is 0 Å². The molecule has 1 rings (SSSR count). The first-order valence-electron chi connectivity index (χ1n) is 3.41. The van der Waals surface area contributed by atoms with Crippen LogP contribution in [0.1, 0.15) is 11.6 Å². The smallest absolute Gasteiger partial charge is 0.128 e. The highest BCUT2D eigenvalue weighted by Crippen LogP contribution is 2.20. The fourth-order valence-electron chi connectivity index (χ4n) is 0.882. The van der Waals surface area contributed by atoms with Crippen molar-refractivity contribution in [3.63, 3.8) is 0 Å². The van der Waals surface area contributed by atoms with E-state index in [9.17, 15) is 8.78 Å². The van der Waals surface area contributed by atoms with Crippen molar-refractivity contribution < 1.29 is 8.78 Å². The molecule has 74 valence electrons. The Bertz CT molecular complexity index is 283. The second kappa shape index (κ2) is 5.52. The van der Waals surface area contributed by atoms with Gasteiger partial charge in [0, 0.05) is 10.0 Å². The minimum Gasteiger partial charge on any atom is -0.322 e. The SMILES string of the molecule is Cl.N[C@H](CF)c1cc(Br)ccc1F. The lowest BCUT2D eigenvalue weighted by molar-refractivity contribution is 0.426. The monoisotopic (exact) mass is 271 g/mol. The number of alkyl halides is 1. The zero-order chi connectivity index (χ0) is 9.14. The Hall–Kier alpha value is -0.190. The topological polar surface area (TPSA) is 26.0 Å². The van der Waals surface area contributed by atoms with E-state index in [2.05, 4.69) is 15.9 Å². The van der Waals surface area contributed by atoms with E-state index < -0.39 is 18.5 Å². The lowest BCUT2D eigenvalue weighted by atomic mass is 10.1. The quantitative estimate of drug-likeness (QED) is 0.880. The molecule has 0 fully saturated rings. The first kappa shape index (κ1) is 12.8. The Morgan fingerprint density at radius 1 is 1.46 bits per heavy atom. The van der Waals surface area contributed by atoms with Gasteiger partial charge in [-0.3, -0.25) is 0 Å². The standard InChI is InChI=1S/C8H8BrF2N.ClH/c9-5-1-2-7(11)6(3-5)8(12)4-10;/h1-3,8H,4,12H2;1H/t8-;/m1./s1. The van der Waals surface area contributed by atoms with Gasteiger partial charge in [-0.05, 0) is 18.2 Å². The molecule has 0 radical (unpaired) electrons. The largest absolute Gasteiger partial charge is 0.322 e. The van der Waals surface area contributed by atoms with Crippen LogP contribution in [0.3, 0.4) is 0 Å². The minimum absolute atomic E-state index is 0. The van der Waals surface area contributed by atoms with Gasteiger partial charge in [0.2, 0.25) is 0 Å². The van der Waals surface area contributed by atoms with Crippen molar-refractivity contribution in [1.82, 2.24) is 0 Å². The zero-order valence-corrected chi connectivity index (χ0v) is 9.04. The number of nitrogens with two attached hydrogens (primary N) is 1. The van der Waals surface area contributed by atoms with Crippen molar-refractivity contribution >= 4 is 28.3 Å². The number of hydrogen-bond acceptors (Lipinski definition) is 1. The average Bonchev–Trinajstić information content (AvgIpc) is 2.08. The minimum atomic E-state index is -0.873. The summed E-state index contributed by atoms with van der Waals surface area (Å²) in [4.78, 5) is 0. The Morgan fingerprint density at radius 2 is 2.08 bits per heavy atom. The van der Waals surface area contributed by atoms with Crippen LogP contribution >= 0.6 is 28.3 Å². The summed E-state index contributed by atoms with van der Waals surface area (Å²) < 4.78 is 25.7. The molecule has 0 amide bonds. The Labute approximate surface area is 89.9 Å². The Balaban J connectivity index is 0.00000144. The fourth-order valence-corrected chi connectivity index (χ4v) is 1.26. The van der Waals surface area contributed by atoms with Gasteiger partial charge in [0.05, 0.1) is 6.04 Å². The number of rotatable bonds is 2. The average molecular weight is 273 g/mol. The van der Waals surface area contributed by atoms with Crippen LogP contribution in [0, 0.1) is 5.82 Å². The van der Waals surface area contributed by atoms with Gasteiger partial charge in [0.25, 0.3) is 0 Å². The Morgan fingerprint density at radius 3 is 2.62 bits per heavy atom. The third-order valence-corrected chi connectivity index (χ3v) is 2.02. The predicted octanol–water partition coefficient (Wildman–Crippen LogP) is 2.98. The highest BCUT2D eigenvalue weighted by Gasteiger charge is 2.10. The number of benzene rings is 1.